The van der Waals surface area contributed by atoms with Crippen LogP contribution in [0.4, 0.5) is 0 Å². The molecule has 0 unspecified atom stereocenters. The lowest BCUT2D eigenvalue weighted by Gasteiger charge is -2.32. The fourth-order valence-electron chi connectivity index (χ4n) is 5.77. The third-order valence-electron chi connectivity index (χ3n) is 7.50. The van der Waals surface area contributed by atoms with Gasteiger partial charge in [-0.05, 0) is 64.3 Å². The summed E-state index contributed by atoms with van der Waals surface area (Å²) < 4.78 is 0. The molecule has 0 N–H and O–H groups in total. The molecule has 2 aromatic carbocycles. The summed E-state index contributed by atoms with van der Waals surface area (Å²) in [6.07, 6.45) is 14.9. The van der Waals surface area contributed by atoms with Crippen LogP contribution in [0.15, 0.2) is 48.0 Å². The predicted octanol–water partition coefficient (Wildman–Crippen LogP) is 8.73. The maximum atomic E-state index is 2.56. The Morgan fingerprint density at radius 1 is 0.828 bits per heavy atom. The molecule has 0 heteroatoms. The zero-order valence-corrected chi connectivity index (χ0v) is 19.0. The predicted molar refractivity (Wildman–Crippen MR) is 127 cm³/mol. The minimum Gasteiger partial charge on any atom is -0.0648 e. The van der Waals surface area contributed by atoms with Crippen molar-refractivity contribution in [2.24, 2.45) is 5.41 Å². The maximum absolute atomic E-state index is 2.56. The molecule has 2 aliphatic carbocycles. The zero-order chi connectivity index (χ0) is 20.5. The average Bonchev–Trinajstić information content (AvgIpc) is 2.97. The number of hydrogen-bond acceptors (Lipinski definition) is 0. The molecule has 154 valence electrons. The van der Waals surface area contributed by atoms with Crippen molar-refractivity contribution in [3.63, 3.8) is 0 Å². The number of benzene rings is 2. The van der Waals surface area contributed by atoms with Gasteiger partial charge in [-0.25, -0.2) is 0 Å². The highest BCUT2D eigenvalue weighted by Crippen LogP contribution is 2.46. The van der Waals surface area contributed by atoms with Crippen LogP contribution in [0.2, 0.25) is 0 Å². The van der Waals surface area contributed by atoms with E-state index in [-0.39, 0.29) is 5.41 Å². The van der Waals surface area contributed by atoms with E-state index in [1.165, 1.54) is 79.2 Å². The van der Waals surface area contributed by atoms with Crippen LogP contribution < -0.4 is 0 Å². The quantitative estimate of drug-likeness (QED) is 0.461. The van der Waals surface area contributed by atoms with Gasteiger partial charge in [0.15, 0.2) is 0 Å². The van der Waals surface area contributed by atoms with E-state index in [9.17, 15) is 0 Å². The van der Waals surface area contributed by atoms with Crippen LogP contribution >= 0.6 is 0 Å². The van der Waals surface area contributed by atoms with Gasteiger partial charge in [-0.15, -0.1) is 0 Å². The molecule has 0 amide bonds. The molecule has 1 saturated carbocycles. The molecule has 2 aliphatic rings. The van der Waals surface area contributed by atoms with Crippen LogP contribution in [0, 0.1) is 5.41 Å². The van der Waals surface area contributed by atoms with Gasteiger partial charge in [0.25, 0.3) is 0 Å². The van der Waals surface area contributed by atoms with Crippen LogP contribution in [0.3, 0.4) is 0 Å². The number of fused-ring (bicyclic) bond motifs is 1. The van der Waals surface area contributed by atoms with E-state index >= 15 is 0 Å². The maximum Gasteiger partial charge on any atom is -0.00574 e. The van der Waals surface area contributed by atoms with Gasteiger partial charge in [0.2, 0.25) is 0 Å². The standard InChI is InChI=1S/C29H38/c1-5-29(17-10-6-7-11-18-29)21-22-19-23-13-12-15-24(26(23)20-22)25-14-8-9-16-27(25)28(2,3)4/h8-9,12-16,20H,5-7,10-11,17-19,21H2,1-4H3. The number of hydrogen-bond donors (Lipinski definition) is 0. The van der Waals surface area contributed by atoms with Crippen molar-refractivity contribution >= 4 is 6.08 Å². The molecule has 0 heterocycles. The van der Waals surface area contributed by atoms with Crippen molar-refractivity contribution in [2.75, 3.05) is 0 Å². The molecule has 29 heavy (non-hydrogen) atoms. The van der Waals surface area contributed by atoms with Crippen molar-refractivity contribution in [1.82, 2.24) is 0 Å². The van der Waals surface area contributed by atoms with Gasteiger partial charge in [0.1, 0.15) is 0 Å². The first-order valence-electron chi connectivity index (χ1n) is 11.8. The molecule has 0 spiro atoms. The molecular weight excluding hydrogens is 348 g/mol. The van der Waals surface area contributed by atoms with Crippen molar-refractivity contribution in [3.8, 4) is 11.1 Å². The van der Waals surface area contributed by atoms with Crippen molar-refractivity contribution < 1.29 is 0 Å². The molecule has 2 aromatic rings. The zero-order valence-electron chi connectivity index (χ0n) is 19.0. The number of allylic oxidation sites excluding steroid dienone is 1. The van der Waals surface area contributed by atoms with Crippen LogP contribution in [-0.4, -0.2) is 0 Å². The summed E-state index contributed by atoms with van der Waals surface area (Å²) in [5.74, 6) is 0. The summed E-state index contributed by atoms with van der Waals surface area (Å²) in [4.78, 5) is 0. The molecule has 4 rings (SSSR count). The Kier molecular flexibility index (Phi) is 5.74. The van der Waals surface area contributed by atoms with E-state index in [4.69, 9.17) is 0 Å². The smallest absolute Gasteiger partial charge is 0.00574 e. The molecule has 0 nitrogen and oxygen atoms in total. The van der Waals surface area contributed by atoms with Crippen LogP contribution in [0.5, 0.6) is 0 Å². The van der Waals surface area contributed by atoms with Gasteiger partial charge in [-0.3, -0.25) is 0 Å². The van der Waals surface area contributed by atoms with E-state index in [1.807, 2.05) is 0 Å². The lowest BCUT2D eigenvalue weighted by atomic mass is 9.73. The summed E-state index contributed by atoms with van der Waals surface area (Å²) in [6, 6.07) is 16.0. The molecule has 0 saturated heterocycles. The lowest BCUT2D eigenvalue weighted by molar-refractivity contribution is 0.230. The Bertz CT molecular complexity index is 882. The first-order valence-corrected chi connectivity index (χ1v) is 11.8. The normalized spacial score (nSPS) is 18.8. The SMILES string of the molecule is CCC1(CC2=Cc3c(cccc3-c3ccccc3C(C)(C)C)C2)CCCCCC1. The van der Waals surface area contributed by atoms with Gasteiger partial charge in [0.05, 0.1) is 0 Å². The van der Waals surface area contributed by atoms with Gasteiger partial charge in [-0.2, -0.15) is 0 Å². The summed E-state index contributed by atoms with van der Waals surface area (Å²) in [5, 5.41) is 0. The lowest BCUT2D eigenvalue weighted by Crippen LogP contribution is -2.19. The minimum atomic E-state index is 0.150. The fourth-order valence-corrected chi connectivity index (χ4v) is 5.77. The van der Waals surface area contributed by atoms with Crippen molar-refractivity contribution in [1.29, 1.82) is 0 Å². The summed E-state index contributed by atoms with van der Waals surface area (Å²) in [5.41, 5.74) is 9.67. The Balaban J connectivity index is 1.69. The average molecular weight is 387 g/mol. The van der Waals surface area contributed by atoms with Crippen LogP contribution in [0.25, 0.3) is 17.2 Å². The molecule has 0 aromatic heterocycles. The largest absolute Gasteiger partial charge is 0.0648 e. The Morgan fingerprint density at radius 2 is 1.52 bits per heavy atom. The summed E-state index contributed by atoms with van der Waals surface area (Å²) >= 11 is 0. The van der Waals surface area contributed by atoms with E-state index in [1.54, 1.807) is 5.57 Å². The first kappa shape index (κ1) is 20.5. The monoisotopic (exact) mass is 386 g/mol. The molecule has 0 bridgehead atoms. The van der Waals surface area contributed by atoms with Crippen molar-refractivity contribution in [3.05, 3.63) is 64.7 Å². The van der Waals surface area contributed by atoms with E-state index in [0.717, 1.165) is 6.42 Å². The van der Waals surface area contributed by atoms with Crippen LogP contribution in [-0.2, 0) is 11.8 Å². The molecule has 0 aliphatic heterocycles. The second kappa shape index (κ2) is 8.13. The molecular formula is C29H38. The van der Waals surface area contributed by atoms with Crippen molar-refractivity contribution in [2.45, 2.75) is 90.9 Å². The van der Waals surface area contributed by atoms with Crippen LogP contribution in [0.1, 0.15) is 95.8 Å². The highest BCUT2D eigenvalue weighted by atomic mass is 14.4. The van der Waals surface area contributed by atoms with E-state index in [2.05, 4.69) is 76.2 Å². The molecule has 0 atom stereocenters. The third kappa shape index (κ3) is 4.23. The summed E-state index contributed by atoms with van der Waals surface area (Å²) in [6.45, 7) is 9.41. The van der Waals surface area contributed by atoms with Gasteiger partial charge >= 0.3 is 0 Å². The van der Waals surface area contributed by atoms with Gasteiger partial charge in [0, 0.05) is 0 Å². The fraction of sp³-hybridized carbons (Fsp3) is 0.517. The topological polar surface area (TPSA) is 0 Å². The highest BCUT2D eigenvalue weighted by molar-refractivity contribution is 5.82. The Labute approximate surface area is 178 Å². The second-order valence-corrected chi connectivity index (χ2v) is 10.6. The van der Waals surface area contributed by atoms with E-state index in [0.29, 0.717) is 5.41 Å². The molecule has 0 radical (unpaired) electrons. The second-order valence-electron chi connectivity index (χ2n) is 10.6. The summed E-state index contributed by atoms with van der Waals surface area (Å²) in [7, 11) is 0. The van der Waals surface area contributed by atoms with Gasteiger partial charge in [-0.1, -0.05) is 114 Å². The minimum absolute atomic E-state index is 0.150. The Morgan fingerprint density at radius 3 is 2.21 bits per heavy atom. The highest BCUT2D eigenvalue weighted by Gasteiger charge is 2.31. The third-order valence-corrected chi connectivity index (χ3v) is 7.50. The van der Waals surface area contributed by atoms with E-state index < -0.39 is 0 Å². The first-order chi connectivity index (χ1) is 13.9. The van der Waals surface area contributed by atoms with Gasteiger partial charge < -0.3 is 0 Å². The Hall–Kier alpha value is -1.82. The molecule has 1 fully saturated rings. The number of rotatable bonds is 4.